The minimum atomic E-state index is -3.60. The first-order valence-electron chi connectivity index (χ1n) is 5.64. The zero-order valence-corrected chi connectivity index (χ0v) is 12.0. The van der Waals surface area contributed by atoms with Gasteiger partial charge >= 0.3 is 5.97 Å². The Kier molecular flexibility index (Phi) is 6.66. The van der Waals surface area contributed by atoms with Crippen LogP contribution in [0.25, 0.3) is 0 Å². The molecule has 0 fully saturated rings. The second-order valence-electron chi connectivity index (χ2n) is 3.81. The second kappa shape index (κ2) is 6.93. The Morgan fingerprint density at radius 2 is 1.71 bits per heavy atom. The Hall–Kier alpha value is -0.660. The first-order valence-corrected chi connectivity index (χ1v) is 7.04. The molecular weight excluding hydrogens is 244 g/mol. The molecule has 6 nitrogen and oxygen atoms in total. The van der Waals surface area contributed by atoms with Gasteiger partial charge in [-0.15, -0.1) is 0 Å². The molecule has 17 heavy (non-hydrogen) atoms. The van der Waals surface area contributed by atoms with Crippen LogP contribution in [-0.4, -0.2) is 55.8 Å². The number of hydrogen-bond donors (Lipinski definition) is 0. The van der Waals surface area contributed by atoms with Crippen LogP contribution >= 0.6 is 0 Å². The van der Waals surface area contributed by atoms with Crippen LogP contribution in [0, 0.1) is 0 Å². The van der Waals surface area contributed by atoms with E-state index in [1.165, 1.54) is 11.4 Å². The van der Waals surface area contributed by atoms with Crippen molar-refractivity contribution < 1.29 is 17.9 Å². The smallest absolute Gasteiger partial charge is 0.321 e. The van der Waals surface area contributed by atoms with E-state index < -0.39 is 16.2 Å². The van der Waals surface area contributed by atoms with Crippen molar-refractivity contribution in [1.82, 2.24) is 8.61 Å². The van der Waals surface area contributed by atoms with Gasteiger partial charge in [-0.1, -0.05) is 13.8 Å². The summed E-state index contributed by atoms with van der Waals surface area (Å²) in [5, 5.41) is 0. The molecule has 0 aliphatic carbocycles. The number of nitrogens with zero attached hydrogens (tertiary/aromatic N) is 2. The maximum atomic E-state index is 12.2. The maximum absolute atomic E-state index is 12.2. The van der Waals surface area contributed by atoms with Gasteiger partial charge in [-0.25, -0.2) is 0 Å². The van der Waals surface area contributed by atoms with Crippen LogP contribution in [-0.2, 0) is 19.7 Å². The van der Waals surface area contributed by atoms with Crippen molar-refractivity contribution in [1.29, 1.82) is 0 Å². The zero-order chi connectivity index (χ0) is 13.6. The summed E-state index contributed by atoms with van der Waals surface area (Å²) in [6, 6.07) is -0.292. The molecule has 0 aromatic rings. The van der Waals surface area contributed by atoms with E-state index in [-0.39, 0.29) is 12.6 Å². The fraction of sp³-hybridized carbons (Fsp3) is 0.900. The molecule has 0 unspecified atom stereocenters. The normalized spacial score (nSPS) is 12.5. The molecule has 0 bridgehead atoms. The van der Waals surface area contributed by atoms with E-state index in [9.17, 15) is 13.2 Å². The van der Waals surface area contributed by atoms with E-state index in [0.29, 0.717) is 13.1 Å². The van der Waals surface area contributed by atoms with Gasteiger partial charge in [-0.3, -0.25) is 4.79 Å². The van der Waals surface area contributed by atoms with Gasteiger partial charge in [0, 0.05) is 19.1 Å². The number of carbonyl (C=O) groups excluding carboxylic acids is 1. The van der Waals surface area contributed by atoms with Gasteiger partial charge in [0.1, 0.15) is 6.54 Å². The predicted octanol–water partition coefficient (Wildman–Crippen LogP) is 0.456. The van der Waals surface area contributed by atoms with Crippen LogP contribution in [0.5, 0.6) is 0 Å². The summed E-state index contributed by atoms with van der Waals surface area (Å²) < 4.78 is 31.4. The molecule has 0 aromatic carbocycles. The van der Waals surface area contributed by atoms with Crippen molar-refractivity contribution in [3.63, 3.8) is 0 Å². The van der Waals surface area contributed by atoms with E-state index in [1.54, 1.807) is 27.7 Å². The summed E-state index contributed by atoms with van der Waals surface area (Å²) in [6.45, 7) is 7.48. The Morgan fingerprint density at radius 3 is 2.00 bits per heavy atom. The molecule has 102 valence electrons. The van der Waals surface area contributed by atoms with Crippen LogP contribution in [0.2, 0.25) is 0 Å². The summed E-state index contributed by atoms with van der Waals surface area (Å²) in [7, 11) is -2.36. The molecule has 0 amide bonds. The predicted molar refractivity (Wildman–Crippen MR) is 65.7 cm³/mol. The van der Waals surface area contributed by atoms with Crippen LogP contribution < -0.4 is 0 Å². The van der Waals surface area contributed by atoms with Gasteiger partial charge in [0.15, 0.2) is 0 Å². The Labute approximate surface area is 104 Å². The third-order valence-corrected chi connectivity index (χ3v) is 4.73. The lowest BCUT2D eigenvalue weighted by Crippen LogP contribution is -2.49. The van der Waals surface area contributed by atoms with Crippen LogP contribution in [0.4, 0.5) is 0 Å². The third-order valence-electron chi connectivity index (χ3n) is 2.42. The largest absolute Gasteiger partial charge is 0.468 e. The van der Waals surface area contributed by atoms with Crippen molar-refractivity contribution >= 4 is 16.2 Å². The molecule has 0 saturated carbocycles. The van der Waals surface area contributed by atoms with Gasteiger partial charge in [0.05, 0.1) is 7.11 Å². The molecule has 0 aliphatic heterocycles. The van der Waals surface area contributed by atoms with Crippen molar-refractivity contribution in [2.45, 2.75) is 33.7 Å². The average Bonchev–Trinajstić information content (AvgIpc) is 2.25. The van der Waals surface area contributed by atoms with E-state index in [2.05, 4.69) is 4.74 Å². The number of hydrogen-bond acceptors (Lipinski definition) is 4. The SMILES string of the molecule is CCN(CC)S(=O)(=O)N(CC(=O)OC)C(C)C. The first kappa shape index (κ1) is 16.3. The highest BCUT2D eigenvalue weighted by Gasteiger charge is 2.31. The van der Waals surface area contributed by atoms with Crippen molar-refractivity contribution in [2.75, 3.05) is 26.7 Å². The topological polar surface area (TPSA) is 66.9 Å². The zero-order valence-electron chi connectivity index (χ0n) is 11.1. The maximum Gasteiger partial charge on any atom is 0.321 e. The van der Waals surface area contributed by atoms with Crippen molar-refractivity contribution in [3.8, 4) is 0 Å². The van der Waals surface area contributed by atoms with Gasteiger partial charge in [-0.05, 0) is 13.8 Å². The molecule has 0 aliphatic rings. The number of methoxy groups -OCH3 is 1. The van der Waals surface area contributed by atoms with Crippen LogP contribution in [0.3, 0.4) is 0 Å². The fourth-order valence-corrected chi connectivity index (χ4v) is 3.17. The van der Waals surface area contributed by atoms with Crippen LogP contribution in [0.15, 0.2) is 0 Å². The standard InChI is InChI=1S/C10H22N2O4S/c1-6-11(7-2)17(14,15)12(9(3)4)8-10(13)16-5/h9H,6-8H2,1-5H3. The molecule has 0 heterocycles. The van der Waals surface area contributed by atoms with E-state index in [1.807, 2.05) is 0 Å². The van der Waals surface area contributed by atoms with Crippen molar-refractivity contribution in [3.05, 3.63) is 0 Å². The minimum absolute atomic E-state index is 0.257. The Morgan fingerprint density at radius 1 is 1.24 bits per heavy atom. The van der Waals surface area contributed by atoms with Gasteiger partial charge in [0.25, 0.3) is 10.2 Å². The molecule has 7 heteroatoms. The average molecular weight is 266 g/mol. The molecule has 0 radical (unpaired) electrons. The highest BCUT2D eigenvalue weighted by Crippen LogP contribution is 2.12. The molecule has 0 aromatic heterocycles. The summed E-state index contributed by atoms with van der Waals surface area (Å²) in [5.74, 6) is -0.561. The summed E-state index contributed by atoms with van der Waals surface area (Å²) >= 11 is 0. The monoisotopic (exact) mass is 266 g/mol. The number of rotatable bonds is 7. The summed E-state index contributed by atoms with van der Waals surface area (Å²) in [4.78, 5) is 11.2. The summed E-state index contributed by atoms with van der Waals surface area (Å²) in [5.41, 5.74) is 0. The molecular formula is C10H22N2O4S. The van der Waals surface area contributed by atoms with Crippen molar-refractivity contribution in [2.24, 2.45) is 0 Å². The highest BCUT2D eigenvalue weighted by molar-refractivity contribution is 7.86. The van der Waals surface area contributed by atoms with Gasteiger partial charge in [0.2, 0.25) is 0 Å². The molecule has 0 saturated heterocycles. The minimum Gasteiger partial charge on any atom is -0.468 e. The molecule has 0 rings (SSSR count). The number of esters is 1. The quantitative estimate of drug-likeness (QED) is 0.628. The summed E-state index contributed by atoms with van der Waals surface area (Å²) in [6.07, 6.45) is 0. The lowest BCUT2D eigenvalue weighted by molar-refractivity contribution is -0.141. The van der Waals surface area contributed by atoms with E-state index in [0.717, 1.165) is 4.31 Å². The van der Waals surface area contributed by atoms with E-state index in [4.69, 9.17) is 0 Å². The highest BCUT2D eigenvalue weighted by atomic mass is 32.2. The Bertz CT molecular complexity index is 336. The molecule has 0 spiro atoms. The third kappa shape index (κ3) is 4.25. The molecule has 0 N–H and O–H groups in total. The molecule has 0 atom stereocenters. The first-order chi connectivity index (χ1) is 7.81. The fourth-order valence-electron chi connectivity index (χ4n) is 1.42. The van der Waals surface area contributed by atoms with Crippen LogP contribution in [0.1, 0.15) is 27.7 Å². The van der Waals surface area contributed by atoms with E-state index >= 15 is 0 Å². The number of ether oxygens (including phenoxy) is 1. The number of carbonyl (C=O) groups is 1. The lowest BCUT2D eigenvalue weighted by atomic mass is 10.4. The van der Waals surface area contributed by atoms with Gasteiger partial charge in [-0.2, -0.15) is 17.0 Å². The van der Waals surface area contributed by atoms with Gasteiger partial charge < -0.3 is 4.74 Å². The lowest BCUT2D eigenvalue weighted by Gasteiger charge is -2.30. The Balaban J connectivity index is 5.11. The second-order valence-corrected chi connectivity index (χ2v) is 5.69.